The minimum Gasteiger partial charge on any atom is -0.489 e. The lowest BCUT2D eigenvalue weighted by atomic mass is 9.93. The summed E-state index contributed by atoms with van der Waals surface area (Å²) in [6, 6.07) is 28.4. The summed E-state index contributed by atoms with van der Waals surface area (Å²) >= 11 is 0. The third-order valence-electron chi connectivity index (χ3n) is 6.28. The number of hydrogen-bond donors (Lipinski definition) is 3. The lowest BCUT2D eigenvalue weighted by Crippen LogP contribution is -2.46. The van der Waals surface area contributed by atoms with Gasteiger partial charge in [0.25, 0.3) is 0 Å². The number of fused-ring (bicyclic) bond motifs is 1. The van der Waals surface area contributed by atoms with E-state index in [-0.39, 0.29) is 30.1 Å². The summed E-state index contributed by atoms with van der Waals surface area (Å²) in [5, 5.41) is 35.4. The number of carboxylic acids is 1. The van der Waals surface area contributed by atoms with Crippen molar-refractivity contribution < 1.29 is 19.7 Å². The summed E-state index contributed by atoms with van der Waals surface area (Å²) in [7, 11) is 0. The highest BCUT2D eigenvalue weighted by Gasteiger charge is 2.20. The maximum atomic E-state index is 11.6. The van der Waals surface area contributed by atoms with E-state index in [1.54, 1.807) is 36.4 Å². The number of aliphatic hydroxyl groups excluding tert-OH is 1. The molecule has 4 aromatic rings. The summed E-state index contributed by atoms with van der Waals surface area (Å²) < 4.78 is 5.82. The van der Waals surface area contributed by atoms with E-state index in [0.717, 1.165) is 6.42 Å². The highest BCUT2D eigenvalue weighted by atomic mass is 35.5. The summed E-state index contributed by atoms with van der Waals surface area (Å²) in [5.74, 6) is -0.732. The number of hydrogen-bond acceptors (Lipinski definition) is 5. The standard InChI is InChI=1S/C31H30N2O4.ClH/c1-31(2,17-21-11-12-22-7-3-4-8-23(22)15-21)33-19-26(34)20-37-29-16-24(13-14-25(29)18-32)27-9-5-6-10-28(27)30(35)36;/h3-16,26,33-34H,17,19-20H2,1-2H3,(H,35,36);1H. The average Bonchev–Trinajstić information content (AvgIpc) is 2.90. The van der Waals surface area contributed by atoms with Crippen molar-refractivity contribution in [2.24, 2.45) is 0 Å². The fraction of sp³-hybridized carbons (Fsp3) is 0.226. The SMILES string of the molecule is CC(C)(Cc1ccc2ccccc2c1)NCC(O)COc1cc(-c2ccccc2C(=O)O)ccc1C#N.Cl. The first-order chi connectivity index (χ1) is 17.8. The summed E-state index contributed by atoms with van der Waals surface area (Å²) in [6.45, 7) is 4.47. The molecule has 0 amide bonds. The maximum absolute atomic E-state index is 11.6. The summed E-state index contributed by atoms with van der Waals surface area (Å²) in [5.41, 5.74) is 2.57. The van der Waals surface area contributed by atoms with Gasteiger partial charge in [0.05, 0.1) is 11.1 Å². The summed E-state index contributed by atoms with van der Waals surface area (Å²) in [4.78, 5) is 11.6. The Kier molecular flexibility index (Phi) is 9.49. The molecule has 0 aliphatic carbocycles. The molecule has 4 rings (SSSR count). The number of aromatic carboxylic acids is 1. The number of benzene rings is 4. The Hall–Kier alpha value is -3.89. The molecule has 0 saturated carbocycles. The number of aliphatic hydroxyl groups is 1. The Bertz CT molecular complexity index is 1460. The maximum Gasteiger partial charge on any atom is 0.336 e. The number of rotatable bonds is 10. The zero-order chi connectivity index (χ0) is 26.4. The van der Waals surface area contributed by atoms with Gasteiger partial charge >= 0.3 is 5.97 Å². The summed E-state index contributed by atoms with van der Waals surface area (Å²) in [6.07, 6.45) is -0.0212. The van der Waals surface area contributed by atoms with Gasteiger partial charge in [-0.15, -0.1) is 12.4 Å². The number of carboxylic acid groups (broad SMARTS) is 1. The van der Waals surface area contributed by atoms with Gasteiger partial charge in [0.15, 0.2) is 0 Å². The van der Waals surface area contributed by atoms with E-state index in [9.17, 15) is 20.3 Å². The van der Waals surface area contributed by atoms with Gasteiger partial charge in [0.2, 0.25) is 0 Å². The third kappa shape index (κ3) is 7.11. The molecular weight excluding hydrogens is 500 g/mol. The smallest absolute Gasteiger partial charge is 0.336 e. The van der Waals surface area contributed by atoms with Crippen LogP contribution in [0.5, 0.6) is 5.75 Å². The molecule has 0 saturated heterocycles. The van der Waals surface area contributed by atoms with Gasteiger partial charge in [-0.3, -0.25) is 0 Å². The van der Waals surface area contributed by atoms with Crippen LogP contribution < -0.4 is 10.1 Å². The third-order valence-corrected chi connectivity index (χ3v) is 6.28. The molecule has 196 valence electrons. The first-order valence-electron chi connectivity index (χ1n) is 12.2. The van der Waals surface area contributed by atoms with Crippen molar-refractivity contribution in [1.29, 1.82) is 5.26 Å². The molecule has 1 atom stereocenters. The van der Waals surface area contributed by atoms with Crippen LogP contribution in [0, 0.1) is 11.3 Å². The monoisotopic (exact) mass is 530 g/mol. The van der Waals surface area contributed by atoms with Crippen molar-refractivity contribution in [2.75, 3.05) is 13.2 Å². The Morgan fingerprint density at radius 3 is 2.45 bits per heavy atom. The molecule has 6 nitrogen and oxygen atoms in total. The van der Waals surface area contributed by atoms with E-state index in [2.05, 4.69) is 55.6 Å². The van der Waals surface area contributed by atoms with Crippen molar-refractivity contribution in [2.45, 2.75) is 31.9 Å². The van der Waals surface area contributed by atoms with Crippen molar-refractivity contribution >= 4 is 29.1 Å². The minimum atomic E-state index is -1.03. The van der Waals surface area contributed by atoms with E-state index in [4.69, 9.17) is 4.74 Å². The van der Waals surface area contributed by atoms with E-state index < -0.39 is 12.1 Å². The van der Waals surface area contributed by atoms with Crippen LogP contribution in [0.15, 0.2) is 84.9 Å². The first-order valence-corrected chi connectivity index (χ1v) is 12.2. The van der Waals surface area contributed by atoms with Gasteiger partial charge in [0, 0.05) is 12.1 Å². The van der Waals surface area contributed by atoms with Crippen LogP contribution >= 0.6 is 12.4 Å². The second-order valence-electron chi connectivity index (χ2n) is 9.76. The molecule has 0 spiro atoms. The van der Waals surface area contributed by atoms with Crippen molar-refractivity contribution in [1.82, 2.24) is 5.32 Å². The molecule has 4 aromatic carbocycles. The average molecular weight is 531 g/mol. The predicted molar refractivity (Wildman–Crippen MR) is 152 cm³/mol. The zero-order valence-corrected chi connectivity index (χ0v) is 22.2. The first kappa shape index (κ1) is 28.7. The van der Waals surface area contributed by atoms with Gasteiger partial charge in [-0.2, -0.15) is 5.26 Å². The van der Waals surface area contributed by atoms with Crippen LogP contribution in [0.2, 0.25) is 0 Å². The Labute approximate surface area is 228 Å². The lowest BCUT2D eigenvalue weighted by molar-refractivity contribution is 0.0697. The van der Waals surface area contributed by atoms with Crippen LogP contribution in [-0.4, -0.2) is 41.0 Å². The molecule has 0 aromatic heterocycles. The van der Waals surface area contributed by atoms with E-state index in [0.29, 0.717) is 29.0 Å². The fourth-order valence-corrected chi connectivity index (χ4v) is 4.38. The van der Waals surface area contributed by atoms with E-state index in [1.165, 1.54) is 22.4 Å². The van der Waals surface area contributed by atoms with Crippen LogP contribution in [0.25, 0.3) is 21.9 Å². The normalized spacial score (nSPS) is 11.8. The molecule has 7 heteroatoms. The molecule has 0 heterocycles. The largest absolute Gasteiger partial charge is 0.489 e. The predicted octanol–water partition coefficient (Wildman–Crippen LogP) is 5.85. The van der Waals surface area contributed by atoms with Crippen molar-refractivity contribution in [3.63, 3.8) is 0 Å². The molecular formula is C31H31ClN2O4. The lowest BCUT2D eigenvalue weighted by Gasteiger charge is -2.28. The quantitative estimate of drug-likeness (QED) is 0.238. The van der Waals surface area contributed by atoms with Crippen LogP contribution in [0.4, 0.5) is 0 Å². The van der Waals surface area contributed by atoms with Gasteiger partial charge in [-0.05, 0) is 65.9 Å². The Morgan fingerprint density at radius 2 is 1.71 bits per heavy atom. The molecule has 0 aliphatic heterocycles. The zero-order valence-electron chi connectivity index (χ0n) is 21.3. The Morgan fingerprint density at radius 1 is 1.00 bits per heavy atom. The van der Waals surface area contributed by atoms with Gasteiger partial charge in [0.1, 0.15) is 24.5 Å². The number of carbonyl (C=O) groups is 1. The highest BCUT2D eigenvalue weighted by Crippen LogP contribution is 2.30. The van der Waals surface area contributed by atoms with Gasteiger partial charge < -0.3 is 20.3 Å². The molecule has 0 fully saturated rings. The van der Waals surface area contributed by atoms with Gasteiger partial charge in [-0.1, -0.05) is 66.7 Å². The van der Waals surface area contributed by atoms with Crippen LogP contribution in [0.3, 0.4) is 0 Å². The molecule has 0 aliphatic rings. The second kappa shape index (κ2) is 12.6. The van der Waals surface area contributed by atoms with Crippen LogP contribution in [0.1, 0.15) is 35.3 Å². The number of nitrogens with zero attached hydrogens (tertiary/aromatic N) is 1. The van der Waals surface area contributed by atoms with Crippen LogP contribution in [-0.2, 0) is 6.42 Å². The minimum absolute atomic E-state index is 0. The fourth-order valence-electron chi connectivity index (χ4n) is 4.38. The second-order valence-corrected chi connectivity index (χ2v) is 9.76. The molecule has 0 radical (unpaired) electrons. The molecule has 1 unspecified atom stereocenters. The Balaban J connectivity index is 0.00000400. The molecule has 38 heavy (non-hydrogen) atoms. The number of β-amino-alcohol motifs (C(OH)–C–C–N with tert-alkyl or cyclic N) is 1. The number of nitrogens with one attached hydrogen (secondary N) is 1. The number of nitriles is 1. The highest BCUT2D eigenvalue weighted by molar-refractivity contribution is 5.96. The van der Waals surface area contributed by atoms with E-state index in [1.807, 2.05) is 12.1 Å². The number of halogens is 1. The topological polar surface area (TPSA) is 103 Å². The van der Waals surface area contributed by atoms with E-state index >= 15 is 0 Å². The van der Waals surface area contributed by atoms with Crippen molar-refractivity contribution in [3.05, 3.63) is 102 Å². The molecule has 3 N–H and O–H groups in total. The molecule has 0 bridgehead atoms. The number of ether oxygens (including phenoxy) is 1. The van der Waals surface area contributed by atoms with Gasteiger partial charge in [-0.25, -0.2) is 4.79 Å². The van der Waals surface area contributed by atoms with Crippen molar-refractivity contribution in [3.8, 4) is 22.9 Å².